The first-order valence-corrected chi connectivity index (χ1v) is 12.9. The largest absolute Gasteiger partial charge is 0.489 e. The number of amides is 2. The molecule has 2 aromatic heterocycles. The molecule has 0 radical (unpaired) electrons. The minimum atomic E-state index is -0.454. The van der Waals surface area contributed by atoms with E-state index in [0.717, 1.165) is 11.1 Å². The number of nitrogens with one attached hydrogen (secondary N) is 1. The van der Waals surface area contributed by atoms with Gasteiger partial charge < -0.3 is 20.5 Å². The summed E-state index contributed by atoms with van der Waals surface area (Å²) >= 11 is 0. The number of nitrogens with two attached hydrogens (primary N) is 1. The zero-order valence-corrected chi connectivity index (χ0v) is 23.0. The number of imidazole rings is 1. The molecule has 0 atom stereocenters. The lowest BCUT2D eigenvalue weighted by Gasteiger charge is -2.30. The average Bonchev–Trinajstić information content (AvgIpc) is 3.28. The van der Waals surface area contributed by atoms with Gasteiger partial charge in [-0.2, -0.15) is 0 Å². The molecule has 0 aliphatic rings. The Morgan fingerprint density at radius 1 is 0.975 bits per heavy atom. The molecular formula is C31H32N6O3. The van der Waals surface area contributed by atoms with Crippen LogP contribution in [-0.2, 0) is 6.61 Å². The zero-order valence-electron chi connectivity index (χ0n) is 23.0. The van der Waals surface area contributed by atoms with E-state index in [0.29, 0.717) is 46.8 Å². The van der Waals surface area contributed by atoms with Crippen LogP contribution in [0.1, 0.15) is 31.9 Å². The van der Waals surface area contributed by atoms with Gasteiger partial charge in [-0.1, -0.05) is 42.5 Å². The van der Waals surface area contributed by atoms with Crippen molar-refractivity contribution >= 4 is 28.9 Å². The van der Waals surface area contributed by atoms with Crippen molar-refractivity contribution in [3.05, 3.63) is 102 Å². The van der Waals surface area contributed by atoms with E-state index in [1.54, 1.807) is 27.7 Å². The standard InChI is InChI=1S/C31H32N6O3/c1-21-13-14-25(40-29-16-15-28-33-27(32)19-36(28)35-29)18-26(21)37(30(38)34-31(2,3)4)23-11-8-12-24(17-23)39-20-22-9-6-5-7-10-22/h5-19H,20,32H2,1-4H3,(H,34,38). The fourth-order valence-electron chi connectivity index (χ4n) is 4.15. The number of aromatic nitrogens is 3. The Morgan fingerprint density at radius 3 is 2.55 bits per heavy atom. The number of fused-ring (bicyclic) bond motifs is 1. The van der Waals surface area contributed by atoms with E-state index in [1.807, 2.05) is 100 Å². The molecule has 5 rings (SSSR count). The molecule has 2 amide bonds. The molecule has 0 saturated heterocycles. The molecule has 2 heterocycles. The van der Waals surface area contributed by atoms with Gasteiger partial charge in [0.15, 0.2) is 5.65 Å². The van der Waals surface area contributed by atoms with Gasteiger partial charge in [-0.3, -0.25) is 4.90 Å². The van der Waals surface area contributed by atoms with Gasteiger partial charge in [-0.05, 0) is 63.1 Å². The predicted molar refractivity (Wildman–Crippen MR) is 156 cm³/mol. The van der Waals surface area contributed by atoms with Crippen LogP contribution in [0.5, 0.6) is 17.4 Å². The second kappa shape index (κ2) is 11.0. The van der Waals surface area contributed by atoms with Gasteiger partial charge in [0.25, 0.3) is 0 Å². The van der Waals surface area contributed by atoms with E-state index in [2.05, 4.69) is 15.4 Å². The number of nitrogens with zero attached hydrogens (tertiary/aromatic N) is 4. The molecule has 0 aliphatic heterocycles. The van der Waals surface area contributed by atoms with Crippen LogP contribution in [0, 0.1) is 6.92 Å². The first-order chi connectivity index (χ1) is 19.1. The lowest BCUT2D eigenvalue weighted by atomic mass is 10.1. The Morgan fingerprint density at radius 2 is 1.77 bits per heavy atom. The molecule has 0 unspecified atom stereocenters. The normalized spacial score (nSPS) is 11.3. The fraction of sp³-hybridized carbons (Fsp3) is 0.194. The summed E-state index contributed by atoms with van der Waals surface area (Å²) in [7, 11) is 0. The number of aryl methyl sites for hydroxylation is 1. The number of nitrogen functional groups attached to an aromatic ring is 1. The molecular weight excluding hydrogens is 504 g/mol. The van der Waals surface area contributed by atoms with Crippen LogP contribution in [0.4, 0.5) is 22.0 Å². The fourth-order valence-corrected chi connectivity index (χ4v) is 4.15. The maximum Gasteiger partial charge on any atom is 0.326 e. The van der Waals surface area contributed by atoms with Crippen LogP contribution in [0.3, 0.4) is 0 Å². The van der Waals surface area contributed by atoms with Gasteiger partial charge >= 0.3 is 6.03 Å². The first kappa shape index (κ1) is 26.6. The smallest absolute Gasteiger partial charge is 0.326 e. The topological polar surface area (TPSA) is 107 Å². The summed E-state index contributed by atoms with van der Waals surface area (Å²) in [5.74, 6) is 1.90. The van der Waals surface area contributed by atoms with Crippen LogP contribution in [0.15, 0.2) is 91.1 Å². The summed E-state index contributed by atoms with van der Waals surface area (Å²) in [6.07, 6.45) is 1.62. The predicted octanol–water partition coefficient (Wildman–Crippen LogP) is 6.64. The first-order valence-electron chi connectivity index (χ1n) is 12.9. The van der Waals surface area contributed by atoms with Crippen molar-refractivity contribution in [3.63, 3.8) is 0 Å². The van der Waals surface area contributed by atoms with E-state index in [9.17, 15) is 4.79 Å². The number of hydrogen-bond acceptors (Lipinski definition) is 6. The Balaban J connectivity index is 1.48. The average molecular weight is 537 g/mol. The molecule has 0 saturated carbocycles. The minimum absolute atomic E-state index is 0.276. The van der Waals surface area contributed by atoms with Crippen LogP contribution < -0.4 is 25.4 Å². The highest BCUT2D eigenvalue weighted by Gasteiger charge is 2.25. The third kappa shape index (κ3) is 6.32. The van der Waals surface area contributed by atoms with Crippen molar-refractivity contribution in [3.8, 4) is 17.4 Å². The van der Waals surface area contributed by atoms with Crippen molar-refractivity contribution < 1.29 is 14.3 Å². The Bertz CT molecular complexity index is 1640. The maximum atomic E-state index is 13.7. The molecule has 5 aromatic rings. The Kier molecular flexibility index (Phi) is 7.29. The van der Waals surface area contributed by atoms with E-state index in [1.165, 1.54) is 0 Å². The molecule has 3 aromatic carbocycles. The Hall–Kier alpha value is -5.05. The molecule has 3 N–H and O–H groups in total. The number of ether oxygens (including phenoxy) is 2. The van der Waals surface area contributed by atoms with Crippen LogP contribution in [0.2, 0.25) is 0 Å². The van der Waals surface area contributed by atoms with Crippen LogP contribution in [-0.4, -0.2) is 26.2 Å². The number of urea groups is 1. The molecule has 204 valence electrons. The summed E-state index contributed by atoms with van der Waals surface area (Å²) in [4.78, 5) is 19.5. The van der Waals surface area contributed by atoms with Crippen molar-refractivity contribution in [1.29, 1.82) is 0 Å². The molecule has 0 fully saturated rings. The lowest BCUT2D eigenvalue weighted by molar-refractivity contribution is 0.240. The molecule has 9 heteroatoms. The summed E-state index contributed by atoms with van der Waals surface area (Å²) in [6, 6.07) is 26.2. The van der Waals surface area contributed by atoms with Crippen molar-refractivity contribution in [1.82, 2.24) is 19.9 Å². The highest BCUT2D eigenvalue weighted by Crippen LogP contribution is 2.35. The number of benzene rings is 3. The maximum absolute atomic E-state index is 13.7. The van der Waals surface area contributed by atoms with E-state index < -0.39 is 5.54 Å². The zero-order chi connectivity index (χ0) is 28.3. The third-order valence-corrected chi connectivity index (χ3v) is 5.97. The number of rotatable bonds is 7. The lowest BCUT2D eigenvalue weighted by Crippen LogP contribution is -2.47. The summed E-state index contributed by atoms with van der Waals surface area (Å²) in [6.45, 7) is 8.20. The van der Waals surface area contributed by atoms with Gasteiger partial charge in [0.1, 0.15) is 23.9 Å². The van der Waals surface area contributed by atoms with Gasteiger partial charge in [-0.15, -0.1) is 5.10 Å². The number of carbonyl (C=O) groups is 1. The minimum Gasteiger partial charge on any atom is -0.489 e. The molecule has 0 aliphatic carbocycles. The number of carbonyl (C=O) groups excluding carboxylic acids is 1. The summed E-state index contributed by atoms with van der Waals surface area (Å²) in [5, 5.41) is 7.51. The highest BCUT2D eigenvalue weighted by molar-refractivity contribution is 6.00. The summed E-state index contributed by atoms with van der Waals surface area (Å²) in [5.41, 5.74) is 9.21. The van der Waals surface area contributed by atoms with E-state index in [-0.39, 0.29) is 6.03 Å². The number of anilines is 3. The van der Waals surface area contributed by atoms with Gasteiger partial charge in [0, 0.05) is 23.7 Å². The second-order valence-corrected chi connectivity index (χ2v) is 10.5. The molecule has 9 nitrogen and oxygen atoms in total. The van der Waals surface area contributed by atoms with Crippen LogP contribution >= 0.6 is 0 Å². The third-order valence-electron chi connectivity index (χ3n) is 5.97. The van der Waals surface area contributed by atoms with Crippen molar-refractivity contribution in [2.24, 2.45) is 0 Å². The molecule has 40 heavy (non-hydrogen) atoms. The van der Waals surface area contributed by atoms with Gasteiger partial charge in [-0.25, -0.2) is 14.3 Å². The quantitative estimate of drug-likeness (QED) is 0.242. The molecule has 0 spiro atoms. The summed E-state index contributed by atoms with van der Waals surface area (Å²) < 4.78 is 13.7. The SMILES string of the molecule is Cc1ccc(Oc2ccc3nc(N)cn3n2)cc1N(C(=O)NC(C)(C)C)c1cccc(OCc2ccccc2)c1. The second-order valence-electron chi connectivity index (χ2n) is 10.5. The van der Waals surface area contributed by atoms with Crippen LogP contribution in [0.25, 0.3) is 5.65 Å². The Labute approximate surface area is 233 Å². The monoisotopic (exact) mass is 536 g/mol. The highest BCUT2D eigenvalue weighted by atomic mass is 16.5. The van der Waals surface area contributed by atoms with E-state index >= 15 is 0 Å². The molecule has 0 bridgehead atoms. The number of hydrogen-bond donors (Lipinski definition) is 2. The van der Waals surface area contributed by atoms with Crippen molar-refractivity contribution in [2.45, 2.75) is 39.8 Å². The van der Waals surface area contributed by atoms with E-state index in [4.69, 9.17) is 15.2 Å². The van der Waals surface area contributed by atoms with Gasteiger partial charge in [0.05, 0.1) is 17.6 Å². The van der Waals surface area contributed by atoms with Crippen molar-refractivity contribution in [2.75, 3.05) is 10.6 Å². The van der Waals surface area contributed by atoms with Gasteiger partial charge in [0.2, 0.25) is 5.88 Å².